The average molecular weight is 298 g/mol. The molecule has 116 valence electrons. The minimum Gasteiger partial charge on any atom is -0.373 e. The van der Waals surface area contributed by atoms with Crippen LogP contribution in [0.3, 0.4) is 0 Å². The van der Waals surface area contributed by atoms with Crippen LogP contribution in [0.25, 0.3) is 0 Å². The monoisotopic (exact) mass is 298 g/mol. The van der Waals surface area contributed by atoms with Gasteiger partial charge in [-0.05, 0) is 31.0 Å². The third-order valence-corrected chi connectivity index (χ3v) is 4.33. The Morgan fingerprint density at radius 1 is 1.27 bits per heavy atom. The van der Waals surface area contributed by atoms with E-state index in [1.807, 2.05) is 54.2 Å². The number of hydrogen-bond donors (Lipinski definition) is 1. The van der Waals surface area contributed by atoms with Gasteiger partial charge in [-0.15, -0.1) is 0 Å². The summed E-state index contributed by atoms with van der Waals surface area (Å²) >= 11 is 0. The first-order valence-electron chi connectivity index (χ1n) is 7.82. The molecule has 22 heavy (non-hydrogen) atoms. The van der Waals surface area contributed by atoms with Gasteiger partial charge < -0.3 is 14.6 Å². The summed E-state index contributed by atoms with van der Waals surface area (Å²) in [6.07, 6.45) is 4.90. The summed E-state index contributed by atoms with van der Waals surface area (Å²) in [7, 11) is 0. The van der Waals surface area contributed by atoms with E-state index in [1.54, 1.807) is 0 Å². The highest BCUT2D eigenvalue weighted by Crippen LogP contribution is 2.33. The molecule has 0 unspecified atom stereocenters. The van der Waals surface area contributed by atoms with Crippen molar-refractivity contribution in [1.82, 2.24) is 9.88 Å². The Kier molecular flexibility index (Phi) is 4.59. The van der Waals surface area contributed by atoms with Crippen molar-refractivity contribution >= 4 is 5.91 Å². The smallest absolute Gasteiger partial charge is 0.242 e. The zero-order valence-electron chi connectivity index (χ0n) is 12.8. The van der Waals surface area contributed by atoms with Gasteiger partial charge in [0.15, 0.2) is 0 Å². The highest BCUT2D eigenvalue weighted by molar-refractivity contribution is 5.79. The molecule has 0 radical (unpaired) electrons. The van der Waals surface area contributed by atoms with Crippen molar-refractivity contribution in [2.75, 3.05) is 13.2 Å². The fraction of sp³-hybridized carbons (Fsp3) is 0.389. The van der Waals surface area contributed by atoms with E-state index in [9.17, 15) is 4.79 Å². The molecule has 1 amide bonds. The molecular weight excluding hydrogens is 276 g/mol. The van der Waals surface area contributed by atoms with Crippen LogP contribution in [0.4, 0.5) is 0 Å². The van der Waals surface area contributed by atoms with Crippen LogP contribution in [0, 0.1) is 5.92 Å². The van der Waals surface area contributed by atoms with E-state index in [0.717, 1.165) is 13.0 Å². The van der Waals surface area contributed by atoms with Crippen LogP contribution < -0.4 is 5.32 Å². The fourth-order valence-electron chi connectivity index (χ4n) is 2.97. The van der Waals surface area contributed by atoms with Gasteiger partial charge >= 0.3 is 0 Å². The molecule has 1 saturated heterocycles. The first kappa shape index (κ1) is 14.9. The normalized spacial score (nSPS) is 22.4. The van der Waals surface area contributed by atoms with Crippen LogP contribution in [0.1, 0.15) is 31.1 Å². The second kappa shape index (κ2) is 6.79. The third kappa shape index (κ3) is 3.22. The number of amides is 1. The van der Waals surface area contributed by atoms with Crippen molar-refractivity contribution in [1.29, 1.82) is 0 Å². The number of carbonyl (C=O) groups excluding carboxylic acids is 1. The third-order valence-electron chi connectivity index (χ3n) is 4.33. The van der Waals surface area contributed by atoms with Gasteiger partial charge in [0.05, 0.1) is 6.10 Å². The van der Waals surface area contributed by atoms with E-state index in [4.69, 9.17) is 4.74 Å². The first-order chi connectivity index (χ1) is 10.8. The van der Waals surface area contributed by atoms with Crippen molar-refractivity contribution in [3.8, 4) is 0 Å². The van der Waals surface area contributed by atoms with Gasteiger partial charge in [-0.2, -0.15) is 0 Å². The Hall–Kier alpha value is -2.07. The largest absolute Gasteiger partial charge is 0.373 e. The SMILES string of the molecule is C[C@H](C(=O)NC[C@H]1CCO[C@@H]1c1ccccc1)n1cccc1. The number of nitrogens with one attached hydrogen (secondary N) is 1. The molecule has 3 rings (SSSR count). The lowest BCUT2D eigenvalue weighted by atomic mass is 9.95. The topological polar surface area (TPSA) is 43.3 Å². The number of aromatic nitrogens is 1. The molecule has 2 heterocycles. The maximum Gasteiger partial charge on any atom is 0.242 e. The van der Waals surface area contributed by atoms with Gasteiger partial charge in [0.2, 0.25) is 5.91 Å². The molecule has 1 fully saturated rings. The molecule has 1 N–H and O–H groups in total. The maximum atomic E-state index is 12.3. The molecule has 4 nitrogen and oxygen atoms in total. The Bertz CT molecular complexity index is 595. The molecule has 0 spiro atoms. The quantitative estimate of drug-likeness (QED) is 0.922. The molecule has 0 saturated carbocycles. The number of benzene rings is 1. The van der Waals surface area contributed by atoms with Crippen LogP contribution in [0.2, 0.25) is 0 Å². The number of carbonyl (C=O) groups is 1. The predicted molar refractivity (Wildman–Crippen MR) is 85.4 cm³/mol. The minimum absolute atomic E-state index is 0.0508. The number of nitrogens with zero attached hydrogens (tertiary/aromatic N) is 1. The summed E-state index contributed by atoms with van der Waals surface area (Å²) in [5, 5.41) is 3.07. The summed E-state index contributed by atoms with van der Waals surface area (Å²) in [5.41, 5.74) is 1.19. The fourth-order valence-corrected chi connectivity index (χ4v) is 2.97. The molecule has 4 heteroatoms. The Balaban J connectivity index is 1.57. The second-order valence-electron chi connectivity index (χ2n) is 5.80. The molecule has 2 aromatic rings. The van der Waals surface area contributed by atoms with E-state index in [1.165, 1.54) is 5.56 Å². The van der Waals surface area contributed by atoms with E-state index >= 15 is 0 Å². The van der Waals surface area contributed by atoms with Crippen LogP contribution in [0.5, 0.6) is 0 Å². The lowest BCUT2D eigenvalue weighted by Gasteiger charge is -2.21. The molecular formula is C18H22N2O2. The van der Waals surface area contributed by atoms with Gasteiger partial charge in [-0.25, -0.2) is 0 Å². The van der Waals surface area contributed by atoms with Crippen LogP contribution in [0.15, 0.2) is 54.9 Å². The van der Waals surface area contributed by atoms with Gasteiger partial charge in [0.1, 0.15) is 6.04 Å². The Morgan fingerprint density at radius 3 is 2.73 bits per heavy atom. The predicted octanol–water partition coefficient (Wildman–Crippen LogP) is 2.94. The number of ether oxygens (including phenoxy) is 1. The first-order valence-corrected chi connectivity index (χ1v) is 7.82. The number of rotatable bonds is 5. The van der Waals surface area contributed by atoms with Gasteiger partial charge in [0, 0.05) is 31.5 Å². The van der Waals surface area contributed by atoms with Gasteiger partial charge in [-0.1, -0.05) is 30.3 Å². The lowest BCUT2D eigenvalue weighted by Crippen LogP contribution is -2.35. The zero-order valence-corrected chi connectivity index (χ0v) is 12.8. The molecule has 0 bridgehead atoms. The van der Waals surface area contributed by atoms with Crippen molar-refractivity contribution in [3.05, 3.63) is 60.4 Å². The van der Waals surface area contributed by atoms with Gasteiger partial charge in [-0.3, -0.25) is 4.79 Å². The van der Waals surface area contributed by atoms with E-state index < -0.39 is 0 Å². The second-order valence-corrected chi connectivity index (χ2v) is 5.80. The van der Waals surface area contributed by atoms with Crippen molar-refractivity contribution in [3.63, 3.8) is 0 Å². The number of hydrogen-bond acceptors (Lipinski definition) is 2. The Labute approximate surface area is 131 Å². The van der Waals surface area contributed by atoms with Crippen molar-refractivity contribution in [2.24, 2.45) is 5.92 Å². The van der Waals surface area contributed by atoms with E-state index in [2.05, 4.69) is 17.4 Å². The highest BCUT2D eigenvalue weighted by atomic mass is 16.5. The summed E-state index contributed by atoms with van der Waals surface area (Å²) in [5.74, 6) is 0.387. The van der Waals surface area contributed by atoms with Crippen molar-refractivity contribution in [2.45, 2.75) is 25.5 Å². The molecule has 1 aromatic carbocycles. The Morgan fingerprint density at radius 2 is 2.00 bits per heavy atom. The molecule has 0 aliphatic carbocycles. The standard InChI is InChI=1S/C18H22N2O2/c1-14(20-10-5-6-11-20)18(21)19-13-16-9-12-22-17(16)15-7-3-2-4-8-15/h2-8,10-11,14,16-17H,9,12-13H2,1H3,(H,19,21)/t14-,16-,17-/m1/s1. The average Bonchev–Trinajstić information content (AvgIpc) is 3.24. The van der Waals surface area contributed by atoms with Crippen LogP contribution in [-0.2, 0) is 9.53 Å². The van der Waals surface area contributed by atoms with E-state index in [0.29, 0.717) is 12.5 Å². The van der Waals surface area contributed by atoms with Crippen molar-refractivity contribution < 1.29 is 9.53 Å². The molecule has 1 aromatic heterocycles. The highest BCUT2D eigenvalue weighted by Gasteiger charge is 2.30. The summed E-state index contributed by atoms with van der Waals surface area (Å²) in [4.78, 5) is 12.3. The molecule has 3 atom stereocenters. The summed E-state index contributed by atoms with van der Waals surface area (Å²) < 4.78 is 7.77. The molecule has 1 aliphatic heterocycles. The summed E-state index contributed by atoms with van der Waals surface area (Å²) in [6.45, 7) is 3.33. The molecule has 1 aliphatic rings. The van der Waals surface area contributed by atoms with Crippen LogP contribution >= 0.6 is 0 Å². The summed E-state index contributed by atoms with van der Waals surface area (Å²) in [6, 6.07) is 13.9. The van der Waals surface area contributed by atoms with E-state index in [-0.39, 0.29) is 18.1 Å². The zero-order chi connectivity index (χ0) is 15.4. The maximum absolute atomic E-state index is 12.3. The minimum atomic E-state index is -0.188. The van der Waals surface area contributed by atoms with Crippen LogP contribution in [-0.4, -0.2) is 23.6 Å². The van der Waals surface area contributed by atoms with Gasteiger partial charge in [0.25, 0.3) is 0 Å². The lowest BCUT2D eigenvalue weighted by molar-refractivity contribution is -0.124.